The SMILES string of the molecule is NC(=S)c1cc(F)ccc1NS(=O)(=O)Cc1ccccc1. The van der Waals surface area contributed by atoms with Crippen molar-refractivity contribution in [3.63, 3.8) is 0 Å². The zero-order valence-corrected chi connectivity index (χ0v) is 12.5. The molecule has 2 rings (SSSR count). The molecule has 0 aliphatic rings. The normalized spacial score (nSPS) is 11.1. The van der Waals surface area contributed by atoms with E-state index < -0.39 is 15.8 Å². The molecule has 7 heteroatoms. The lowest BCUT2D eigenvalue weighted by molar-refractivity contribution is 0.600. The van der Waals surface area contributed by atoms with Gasteiger partial charge in [-0.2, -0.15) is 0 Å². The molecule has 4 nitrogen and oxygen atoms in total. The molecule has 0 atom stereocenters. The Kier molecular flexibility index (Phi) is 4.54. The fourth-order valence-electron chi connectivity index (χ4n) is 1.81. The quantitative estimate of drug-likeness (QED) is 0.829. The smallest absolute Gasteiger partial charge is 0.236 e. The molecule has 0 heterocycles. The van der Waals surface area contributed by atoms with Crippen molar-refractivity contribution in [3.8, 4) is 0 Å². The number of nitrogens with one attached hydrogen (secondary N) is 1. The first-order valence-electron chi connectivity index (χ1n) is 6.01. The summed E-state index contributed by atoms with van der Waals surface area (Å²) in [5.41, 5.74) is 6.45. The zero-order chi connectivity index (χ0) is 15.5. The van der Waals surface area contributed by atoms with Crippen molar-refractivity contribution in [2.75, 3.05) is 4.72 Å². The Morgan fingerprint density at radius 1 is 1.19 bits per heavy atom. The van der Waals surface area contributed by atoms with Crippen LogP contribution < -0.4 is 10.5 Å². The number of benzene rings is 2. The van der Waals surface area contributed by atoms with Crippen molar-refractivity contribution in [1.29, 1.82) is 0 Å². The van der Waals surface area contributed by atoms with E-state index in [1.807, 2.05) is 0 Å². The molecule has 21 heavy (non-hydrogen) atoms. The number of hydrogen-bond acceptors (Lipinski definition) is 3. The monoisotopic (exact) mass is 324 g/mol. The summed E-state index contributed by atoms with van der Waals surface area (Å²) >= 11 is 4.80. The van der Waals surface area contributed by atoms with Crippen LogP contribution in [-0.4, -0.2) is 13.4 Å². The summed E-state index contributed by atoms with van der Waals surface area (Å²) in [6, 6.07) is 12.3. The molecular weight excluding hydrogens is 311 g/mol. The molecule has 2 aromatic rings. The minimum absolute atomic E-state index is 0.0769. The van der Waals surface area contributed by atoms with Crippen LogP contribution >= 0.6 is 12.2 Å². The second-order valence-electron chi connectivity index (χ2n) is 4.40. The molecule has 2 aromatic carbocycles. The summed E-state index contributed by atoms with van der Waals surface area (Å²) in [6.07, 6.45) is 0. The van der Waals surface area contributed by atoms with Crippen LogP contribution in [-0.2, 0) is 15.8 Å². The van der Waals surface area contributed by atoms with E-state index in [1.165, 1.54) is 6.07 Å². The third-order valence-corrected chi connectivity index (χ3v) is 4.18. The number of nitrogens with two attached hydrogens (primary N) is 1. The van der Waals surface area contributed by atoms with E-state index in [-0.39, 0.29) is 22.0 Å². The molecule has 0 aliphatic heterocycles. The number of sulfonamides is 1. The van der Waals surface area contributed by atoms with E-state index in [0.29, 0.717) is 5.56 Å². The Bertz CT molecular complexity index is 762. The minimum Gasteiger partial charge on any atom is -0.389 e. The molecular formula is C14H13FN2O2S2. The molecule has 0 amide bonds. The Morgan fingerprint density at radius 2 is 1.86 bits per heavy atom. The zero-order valence-electron chi connectivity index (χ0n) is 10.9. The summed E-state index contributed by atoms with van der Waals surface area (Å²) in [4.78, 5) is -0.0769. The molecule has 0 fully saturated rings. The predicted octanol–water partition coefficient (Wildman–Crippen LogP) is 2.40. The first kappa shape index (κ1) is 15.4. The van der Waals surface area contributed by atoms with Gasteiger partial charge in [0.2, 0.25) is 10.0 Å². The van der Waals surface area contributed by atoms with Crippen molar-refractivity contribution in [2.24, 2.45) is 5.73 Å². The summed E-state index contributed by atoms with van der Waals surface area (Å²) in [5, 5.41) is 0. The van der Waals surface area contributed by atoms with Crippen LogP contribution in [0, 0.1) is 5.82 Å². The van der Waals surface area contributed by atoms with E-state index in [4.69, 9.17) is 18.0 Å². The van der Waals surface area contributed by atoms with Gasteiger partial charge < -0.3 is 5.73 Å². The van der Waals surface area contributed by atoms with Gasteiger partial charge in [0.25, 0.3) is 0 Å². The topological polar surface area (TPSA) is 72.2 Å². The number of halogens is 1. The molecule has 0 radical (unpaired) electrons. The first-order chi connectivity index (χ1) is 9.87. The predicted molar refractivity (Wildman–Crippen MR) is 85.0 cm³/mol. The van der Waals surface area contributed by atoms with Crippen molar-refractivity contribution in [1.82, 2.24) is 0 Å². The average Bonchev–Trinajstić information content (AvgIpc) is 2.41. The summed E-state index contributed by atoms with van der Waals surface area (Å²) in [7, 11) is -3.64. The maximum Gasteiger partial charge on any atom is 0.236 e. The number of thiocarbonyl (C=S) groups is 1. The molecule has 110 valence electrons. The molecule has 0 unspecified atom stereocenters. The maximum atomic E-state index is 13.2. The van der Waals surface area contributed by atoms with Crippen LogP contribution in [0.25, 0.3) is 0 Å². The summed E-state index contributed by atoms with van der Waals surface area (Å²) in [5.74, 6) is -0.731. The molecule has 0 saturated heterocycles. The molecule has 0 aromatic heterocycles. The van der Waals surface area contributed by atoms with Gasteiger partial charge in [0.1, 0.15) is 10.8 Å². The van der Waals surface area contributed by atoms with Gasteiger partial charge in [-0.1, -0.05) is 42.5 Å². The molecule has 0 aliphatic carbocycles. The number of hydrogen-bond donors (Lipinski definition) is 2. The summed E-state index contributed by atoms with van der Waals surface area (Å²) in [6.45, 7) is 0. The van der Waals surface area contributed by atoms with E-state index in [9.17, 15) is 12.8 Å². The largest absolute Gasteiger partial charge is 0.389 e. The second-order valence-corrected chi connectivity index (χ2v) is 6.56. The third-order valence-electron chi connectivity index (χ3n) is 2.71. The molecule has 0 bridgehead atoms. The van der Waals surface area contributed by atoms with Crippen LogP contribution in [0.1, 0.15) is 11.1 Å². The lowest BCUT2D eigenvalue weighted by Gasteiger charge is -2.12. The first-order valence-corrected chi connectivity index (χ1v) is 8.07. The van der Waals surface area contributed by atoms with E-state index in [2.05, 4.69) is 4.72 Å². The van der Waals surface area contributed by atoms with E-state index in [0.717, 1.165) is 12.1 Å². The highest BCUT2D eigenvalue weighted by molar-refractivity contribution is 7.92. The lowest BCUT2D eigenvalue weighted by atomic mass is 10.2. The van der Waals surface area contributed by atoms with Crippen molar-refractivity contribution >= 4 is 32.9 Å². The van der Waals surface area contributed by atoms with Crippen LogP contribution in [0.5, 0.6) is 0 Å². The lowest BCUT2D eigenvalue weighted by Crippen LogP contribution is -2.19. The van der Waals surface area contributed by atoms with Crippen LogP contribution in [0.2, 0.25) is 0 Å². The van der Waals surface area contributed by atoms with Crippen LogP contribution in [0.15, 0.2) is 48.5 Å². The van der Waals surface area contributed by atoms with E-state index >= 15 is 0 Å². The van der Waals surface area contributed by atoms with Gasteiger partial charge in [-0.15, -0.1) is 0 Å². The highest BCUT2D eigenvalue weighted by atomic mass is 32.2. The Morgan fingerprint density at radius 3 is 2.48 bits per heavy atom. The van der Waals surface area contributed by atoms with Gasteiger partial charge in [0.05, 0.1) is 11.4 Å². The molecule has 0 spiro atoms. The Labute approximate surface area is 127 Å². The van der Waals surface area contributed by atoms with E-state index in [1.54, 1.807) is 30.3 Å². The fourth-order valence-corrected chi connectivity index (χ4v) is 3.19. The highest BCUT2D eigenvalue weighted by Crippen LogP contribution is 2.19. The van der Waals surface area contributed by atoms with Gasteiger partial charge in [0.15, 0.2) is 0 Å². The van der Waals surface area contributed by atoms with Gasteiger partial charge in [-0.25, -0.2) is 12.8 Å². The van der Waals surface area contributed by atoms with Crippen molar-refractivity contribution in [2.45, 2.75) is 5.75 Å². The van der Waals surface area contributed by atoms with Gasteiger partial charge in [0, 0.05) is 5.56 Å². The van der Waals surface area contributed by atoms with Crippen LogP contribution in [0.3, 0.4) is 0 Å². The van der Waals surface area contributed by atoms with Crippen molar-refractivity contribution < 1.29 is 12.8 Å². The van der Waals surface area contributed by atoms with Crippen molar-refractivity contribution in [3.05, 3.63) is 65.5 Å². The van der Waals surface area contributed by atoms with Crippen LogP contribution in [0.4, 0.5) is 10.1 Å². The second kappa shape index (κ2) is 6.19. The van der Waals surface area contributed by atoms with Gasteiger partial charge in [-0.05, 0) is 23.8 Å². The number of rotatable bonds is 5. The standard InChI is InChI=1S/C14H13FN2O2S2/c15-11-6-7-13(12(8-11)14(16)20)17-21(18,19)9-10-4-2-1-3-5-10/h1-8,17H,9H2,(H2,16,20). The highest BCUT2D eigenvalue weighted by Gasteiger charge is 2.15. The fraction of sp³-hybridized carbons (Fsp3) is 0.0714. The van der Waals surface area contributed by atoms with Gasteiger partial charge in [-0.3, -0.25) is 4.72 Å². The molecule has 0 saturated carbocycles. The Hall–Kier alpha value is -1.99. The Balaban J connectivity index is 2.27. The molecule has 3 N–H and O–H groups in total. The maximum absolute atomic E-state index is 13.2. The average molecular weight is 324 g/mol. The summed E-state index contributed by atoms with van der Waals surface area (Å²) < 4.78 is 39.9. The minimum atomic E-state index is -3.64. The number of anilines is 1. The van der Waals surface area contributed by atoms with Gasteiger partial charge >= 0.3 is 0 Å². The third kappa shape index (κ3) is 4.24.